The highest BCUT2D eigenvalue weighted by Gasteiger charge is 2.36. The summed E-state index contributed by atoms with van der Waals surface area (Å²) in [5, 5.41) is 20.7. The van der Waals surface area contributed by atoms with Crippen LogP contribution in [0.15, 0.2) is 42.7 Å². The number of carbonyl (C=O) groups is 2. The second-order valence-electron chi connectivity index (χ2n) is 14.8. The van der Waals surface area contributed by atoms with Crippen LogP contribution in [0, 0.1) is 5.92 Å². The predicted molar refractivity (Wildman–Crippen MR) is 197 cm³/mol. The van der Waals surface area contributed by atoms with Crippen LogP contribution in [0.1, 0.15) is 76.5 Å². The van der Waals surface area contributed by atoms with Crippen LogP contribution in [0.3, 0.4) is 0 Å². The van der Waals surface area contributed by atoms with Gasteiger partial charge in [-0.15, -0.1) is 0 Å². The fourth-order valence-corrected chi connectivity index (χ4v) is 7.95. The maximum Gasteiger partial charge on any atom is 0.258 e. The van der Waals surface area contributed by atoms with Gasteiger partial charge in [0.2, 0.25) is 11.9 Å². The molecule has 0 atom stereocenters. The average Bonchev–Trinajstić information content (AvgIpc) is 3.79. The van der Waals surface area contributed by atoms with Crippen molar-refractivity contribution >= 4 is 23.6 Å². The van der Waals surface area contributed by atoms with Crippen molar-refractivity contribution in [3.63, 3.8) is 0 Å². The molecular weight excluding hydrogens is 674 g/mol. The van der Waals surface area contributed by atoms with E-state index in [1.807, 2.05) is 18.7 Å². The Kier molecular flexibility index (Phi) is 9.33. The number of hydrogen-bond acceptors (Lipinski definition) is 12. The van der Waals surface area contributed by atoms with E-state index in [1.165, 1.54) is 11.6 Å². The topological polar surface area (TPSA) is 174 Å². The van der Waals surface area contributed by atoms with E-state index in [4.69, 9.17) is 20.4 Å². The molecule has 4 aromatic rings. The Morgan fingerprint density at radius 1 is 0.887 bits per heavy atom. The largest absolute Gasteiger partial charge is 0.508 e. The number of phenolic OH excluding ortho intramolecular Hbond substituents is 2. The van der Waals surface area contributed by atoms with Gasteiger partial charge < -0.3 is 35.4 Å². The summed E-state index contributed by atoms with van der Waals surface area (Å²) in [6, 6.07) is 9.26. The lowest BCUT2D eigenvalue weighted by atomic mass is 9.94. The smallest absolute Gasteiger partial charge is 0.258 e. The molecule has 0 unspecified atom stereocenters. The fourth-order valence-electron chi connectivity index (χ4n) is 7.95. The quantitative estimate of drug-likeness (QED) is 0.253. The Labute approximate surface area is 308 Å². The van der Waals surface area contributed by atoms with Crippen LogP contribution in [-0.4, -0.2) is 96.1 Å². The second kappa shape index (κ2) is 14.2. The molecule has 0 aliphatic carbocycles. The molecule has 0 saturated carbocycles. The second-order valence-corrected chi connectivity index (χ2v) is 14.8. The summed E-state index contributed by atoms with van der Waals surface area (Å²) in [4.78, 5) is 53.8. The molecule has 8 rings (SSSR count). The number of aromatic hydroxyl groups is 2. The molecule has 2 aromatic carbocycles. The maximum absolute atomic E-state index is 14.0. The van der Waals surface area contributed by atoms with E-state index in [-0.39, 0.29) is 46.7 Å². The molecule has 4 aliphatic heterocycles. The molecule has 4 aliphatic rings. The van der Waals surface area contributed by atoms with Gasteiger partial charge in [-0.1, -0.05) is 32.0 Å². The molecule has 0 spiro atoms. The van der Waals surface area contributed by atoms with E-state index in [9.17, 15) is 19.8 Å². The third-order valence-electron chi connectivity index (χ3n) is 10.9. The van der Waals surface area contributed by atoms with Crippen LogP contribution in [-0.2, 0) is 42.3 Å². The zero-order valence-corrected chi connectivity index (χ0v) is 30.2. The first-order chi connectivity index (χ1) is 25.6. The number of nitrogens with zero attached hydrogens (tertiary/aromatic N) is 8. The van der Waals surface area contributed by atoms with Crippen LogP contribution in [0.25, 0.3) is 11.4 Å². The highest BCUT2D eigenvalue weighted by molar-refractivity contribution is 5.97. The number of aromatic nitrogens is 4. The number of fused-ring (bicyclic) bond motifs is 2. The lowest BCUT2D eigenvalue weighted by molar-refractivity contribution is -0.137. The Balaban J connectivity index is 0.890. The van der Waals surface area contributed by atoms with Gasteiger partial charge in [0, 0.05) is 62.7 Å². The lowest BCUT2D eigenvalue weighted by Crippen LogP contribution is -2.40. The van der Waals surface area contributed by atoms with Gasteiger partial charge in [-0.2, -0.15) is 0 Å². The van der Waals surface area contributed by atoms with Gasteiger partial charge in [0.25, 0.3) is 5.91 Å². The number of nitrogen functional groups attached to an aromatic ring is 1. The van der Waals surface area contributed by atoms with Gasteiger partial charge in [-0.25, -0.2) is 19.9 Å². The van der Waals surface area contributed by atoms with Gasteiger partial charge in [0.1, 0.15) is 17.3 Å². The van der Waals surface area contributed by atoms with E-state index in [0.717, 1.165) is 73.8 Å². The first-order valence-corrected chi connectivity index (χ1v) is 18.4. The summed E-state index contributed by atoms with van der Waals surface area (Å²) >= 11 is 0. The fraction of sp³-hybridized carbons (Fsp3) is 0.436. The van der Waals surface area contributed by atoms with Gasteiger partial charge in [-0.05, 0) is 60.2 Å². The molecule has 2 saturated heterocycles. The average molecular weight is 720 g/mol. The number of piperidine rings is 1. The summed E-state index contributed by atoms with van der Waals surface area (Å²) in [5.41, 5.74) is 12.5. The van der Waals surface area contributed by atoms with Crippen molar-refractivity contribution in [2.24, 2.45) is 5.92 Å². The van der Waals surface area contributed by atoms with Gasteiger partial charge in [0.15, 0.2) is 5.82 Å². The molecule has 4 N–H and O–H groups in total. The van der Waals surface area contributed by atoms with E-state index in [2.05, 4.69) is 38.0 Å². The number of anilines is 2. The molecule has 2 fully saturated rings. The number of amides is 2. The monoisotopic (exact) mass is 719 g/mol. The molecule has 276 valence electrons. The van der Waals surface area contributed by atoms with Crippen LogP contribution >= 0.6 is 0 Å². The Morgan fingerprint density at radius 3 is 2.36 bits per heavy atom. The Morgan fingerprint density at radius 2 is 1.62 bits per heavy atom. The number of nitrogens with two attached hydrogens (primary N) is 1. The number of hydrogen-bond donors (Lipinski definition) is 3. The summed E-state index contributed by atoms with van der Waals surface area (Å²) < 4.78 is 5.60. The van der Waals surface area contributed by atoms with Crippen molar-refractivity contribution < 1.29 is 24.5 Å². The Hall–Kier alpha value is -5.34. The number of phenols is 2. The number of morpholine rings is 1. The molecule has 14 nitrogen and oxygen atoms in total. The molecule has 2 amide bonds. The summed E-state index contributed by atoms with van der Waals surface area (Å²) in [6.07, 6.45) is 4.82. The van der Waals surface area contributed by atoms with Crippen molar-refractivity contribution in [2.75, 3.05) is 50.0 Å². The van der Waals surface area contributed by atoms with Gasteiger partial charge in [-0.3, -0.25) is 14.5 Å². The highest BCUT2D eigenvalue weighted by atomic mass is 16.5. The third kappa shape index (κ3) is 6.96. The molecule has 2 aromatic heterocycles. The van der Waals surface area contributed by atoms with Crippen LogP contribution < -0.4 is 10.6 Å². The van der Waals surface area contributed by atoms with Crippen LogP contribution in [0.5, 0.6) is 11.5 Å². The Bertz CT molecular complexity index is 2040. The zero-order chi connectivity index (χ0) is 36.8. The summed E-state index contributed by atoms with van der Waals surface area (Å²) in [6.45, 7) is 10.8. The summed E-state index contributed by atoms with van der Waals surface area (Å²) in [7, 11) is 0. The highest BCUT2D eigenvalue weighted by Crippen LogP contribution is 2.36. The number of carbonyl (C=O) groups excluding carboxylic acids is 2. The number of likely N-dealkylation sites (tertiary alicyclic amines) is 1. The molecule has 6 heterocycles. The number of ether oxygens (including phenoxy) is 1. The SMILES string of the molecule is CC(C)c1cc(C(=O)N2Cc3ccc(CN4CCC(C(=O)N5Cc6nc(-c7cnc(N)nc7)nc(N7CCOCC7)c6C5)CC4)cc3C2)c(O)cc1O. The van der Waals surface area contributed by atoms with Crippen molar-refractivity contribution in [2.45, 2.75) is 65.3 Å². The van der Waals surface area contributed by atoms with Gasteiger partial charge >= 0.3 is 0 Å². The number of benzene rings is 2. The molecule has 53 heavy (non-hydrogen) atoms. The lowest BCUT2D eigenvalue weighted by Gasteiger charge is -2.33. The number of rotatable bonds is 7. The zero-order valence-electron chi connectivity index (χ0n) is 30.2. The van der Waals surface area contributed by atoms with E-state index < -0.39 is 0 Å². The molecular formula is C39H45N9O5. The van der Waals surface area contributed by atoms with Crippen LogP contribution in [0.4, 0.5) is 11.8 Å². The van der Waals surface area contributed by atoms with Crippen molar-refractivity contribution in [3.05, 3.63) is 81.8 Å². The minimum atomic E-state index is -0.254. The van der Waals surface area contributed by atoms with E-state index in [0.29, 0.717) is 56.3 Å². The third-order valence-corrected chi connectivity index (χ3v) is 10.9. The van der Waals surface area contributed by atoms with E-state index in [1.54, 1.807) is 23.4 Å². The molecule has 14 heteroatoms. The minimum absolute atomic E-state index is 0.00735. The van der Waals surface area contributed by atoms with Crippen molar-refractivity contribution in [3.8, 4) is 22.9 Å². The molecule has 0 radical (unpaired) electrons. The minimum Gasteiger partial charge on any atom is -0.508 e. The first-order valence-electron chi connectivity index (χ1n) is 18.4. The van der Waals surface area contributed by atoms with Crippen LogP contribution in [0.2, 0.25) is 0 Å². The normalized spacial score (nSPS) is 17.8. The van der Waals surface area contributed by atoms with Crippen molar-refractivity contribution in [1.82, 2.24) is 34.6 Å². The molecule has 0 bridgehead atoms. The maximum atomic E-state index is 14.0. The first kappa shape index (κ1) is 34.7. The summed E-state index contributed by atoms with van der Waals surface area (Å²) in [5.74, 6) is 1.20. The van der Waals surface area contributed by atoms with Crippen molar-refractivity contribution in [1.29, 1.82) is 0 Å². The standard InChI is InChI=1S/C39H45N9O5/c1-23(2)29-14-30(34(50)15-33(29)49)38(52)47-19-26-4-3-24(13-27(26)20-47)18-45-7-5-25(6-8-45)37(51)48-21-31-32(22-48)43-35(28-16-41-39(40)42-17-28)44-36(31)46-9-11-53-12-10-46/h3-4,13-17,23,25,49-50H,5-12,18-22H2,1-2H3,(H2,40,41,42). The predicted octanol–water partition coefficient (Wildman–Crippen LogP) is 3.80. The van der Waals surface area contributed by atoms with E-state index >= 15 is 0 Å². The van der Waals surface area contributed by atoms with Gasteiger partial charge in [0.05, 0.1) is 43.1 Å².